The van der Waals surface area contributed by atoms with Crippen molar-refractivity contribution in [2.24, 2.45) is 11.8 Å². The zero-order valence-electron chi connectivity index (χ0n) is 8.98. The van der Waals surface area contributed by atoms with Crippen LogP contribution < -0.4 is 0 Å². The van der Waals surface area contributed by atoms with Gasteiger partial charge in [0.25, 0.3) is 0 Å². The molecule has 3 atom stereocenters. The summed E-state index contributed by atoms with van der Waals surface area (Å²) in [5.74, 6) is 1.06. The van der Waals surface area contributed by atoms with E-state index >= 15 is 0 Å². The maximum atomic E-state index is 9.99. The molecule has 0 fully saturated rings. The normalized spacial score (nSPS) is 37.7. The third kappa shape index (κ3) is 1.26. The van der Waals surface area contributed by atoms with Crippen LogP contribution in [0, 0.1) is 11.8 Å². The van der Waals surface area contributed by atoms with Crippen LogP contribution in [0.1, 0.15) is 19.8 Å². The van der Waals surface area contributed by atoms with Crippen LogP contribution >= 0.6 is 0 Å². The van der Waals surface area contributed by atoms with E-state index in [-0.39, 0.29) is 6.10 Å². The Hall–Kier alpha value is -1.08. The maximum absolute atomic E-state index is 9.99. The minimum absolute atomic E-state index is 0.241. The quantitative estimate of drug-likeness (QED) is 0.637. The Morgan fingerprint density at radius 3 is 3.07 bits per heavy atom. The molecule has 3 rings (SSSR count). The third-order valence-electron chi connectivity index (χ3n) is 3.80. The van der Waals surface area contributed by atoms with Crippen molar-refractivity contribution >= 4 is 0 Å². The lowest BCUT2D eigenvalue weighted by atomic mass is 9.69. The Kier molecular flexibility index (Phi) is 1.96. The van der Waals surface area contributed by atoms with Gasteiger partial charge in [-0.3, -0.25) is 0 Å². The van der Waals surface area contributed by atoms with Crippen LogP contribution in [0.3, 0.4) is 0 Å². The molecule has 3 aliphatic carbocycles. The molecule has 1 N–H and O–H groups in total. The number of allylic oxidation sites excluding steroid dienone is 6. The van der Waals surface area contributed by atoms with Crippen molar-refractivity contribution in [2.75, 3.05) is 0 Å². The van der Waals surface area contributed by atoms with Crippen molar-refractivity contribution in [3.63, 3.8) is 0 Å². The number of aliphatic hydroxyl groups is 1. The molecule has 0 saturated carbocycles. The number of rotatable bonds is 0. The first-order valence-electron chi connectivity index (χ1n) is 5.75. The zero-order chi connectivity index (χ0) is 10.4. The fourth-order valence-corrected chi connectivity index (χ4v) is 2.93. The molecule has 0 bridgehead atoms. The molecule has 3 aliphatic rings. The molecule has 0 aromatic rings. The van der Waals surface area contributed by atoms with E-state index in [1.165, 1.54) is 16.7 Å². The summed E-state index contributed by atoms with van der Waals surface area (Å²) in [7, 11) is 0. The second-order valence-corrected chi connectivity index (χ2v) is 4.74. The Morgan fingerprint density at radius 1 is 1.33 bits per heavy atom. The monoisotopic (exact) mass is 200 g/mol. The molecular formula is C14H16O. The summed E-state index contributed by atoms with van der Waals surface area (Å²) in [6.45, 7) is 2.25. The third-order valence-corrected chi connectivity index (χ3v) is 3.80. The molecule has 0 heterocycles. The topological polar surface area (TPSA) is 20.2 Å². The van der Waals surface area contributed by atoms with Crippen LogP contribution in [0.2, 0.25) is 0 Å². The number of aliphatic hydroxyl groups excluding tert-OH is 1. The molecule has 1 nitrogen and oxygen atoms in total. The largest absolute Gasteiger partial charge is 0.388 e. The van der Waals surface area contributed by atoms with Gasteiger partial charge in [-0.25, -0.2) is 0 Å². The average molecular weight is 200 g/mol. The summed E-state index contributed by atoms with van der Waals surface area (Å²) in [6.07, 6.45) is 12.7. The summed E-state index contributed by atoms with van der Waals surface area (Å²) in [5.41, 5.74) is 4.02. The summed E-state index contributed by atoms with van der Waals surface area (Å²) < 4.78 is 0. The Bertz CT molecular complexity index is 409. The highest BCUT2D eigenvalue weighted by atomic mass is 16.3. The van der Waals surface area contributed by atoms with Crippen molar-refractivity contribution in [1.29, 1.82) is 0 Å². The predicted octanol–water partition coefficient (Wildman–Crippen LogP) is 2.76. The molecule has 0 radical (unpaired) electrons. The second-order valence-electron chi connectivity index (χ2n) is 4.74. The molecule has 0 aliphatic heterocycles. The van der Waals surface area contributed by atoms with Crippen LogP contribution in [0.5, 0.6) is 0 Å². The highest BCUT2D eigenvalue weighted by Gasteiger charge is 2.32. The first kappa shape index (κ1) is 9.17. The van der Waals surface area contributed by atoms with Gasteiger partial charge >= 0.3 is 0 Å². The molecule has 0 aromatic heterocycles. The van der Waals surface area contributed by atoms with Crippen LogP contribution in [0.15, 0.2) is 47.1 Å². The molecule has 0 spiro atoms. The molecular weight excluding hydrogens is 184 g/mol. The van der Waals surface area contributed by atoms with E-state index in [4.69, 9.17) is 0 Å². The van der Waals surface area contributed by atoms with Gasteiger partial charge in [0.15, 0.2) is 0 Å². The number of hydrogen-bond donors (Lipinski definition) is 1. The molecule has 1 heteroatoms. The van der Waals surface area contributed by atoms with Gasteiger partial charge in [0.1, 0.15) is 0 Å². The van der Waals surface area contributed by atoms with Crippen LogP contribution in [-0.2, 0) is 0 Å². The lowest BCUT2D eigenvalue weighted by Crippen LogP contribution is -2.27. The smallest absolute Gasteiger partial charge is 0.0796 e. The van der Waals surface area contributed by atoms with Crippen molar-refractivity contribution in [3.05, 3.63) is 47.1 Å². The molecule has 0 amide bonds. The molecule has 15 heavy (non-hydrogen) atoms. The summed E-state index contributed by atoms with van der Waals surface area (Å²) in [5, 5.41) is 9.99. The van der Waals surface area contributed by atoms with Crippen molar-refractivity contribution in [2.45, 2.75) is 25.9 Å². The Balaban J connectivity index is 2.17. The lowest BCUT2D eigenvalue weighted by Gasteiger charge is -2.36. The summed E-state index contributed by atoms with van der Waals surface area (Å²) in [4.78, 5) is 0. The van der Waals surface area contributed by atoms with Gasteiger partial charge in [-0.15, -0.1) is 0 Å². The van der Waals surface area contributed by atoms with Gasteiger partial charge < -0.3 is 5.11 Å². The lowest BCUT2D eigenvalue weighted by molar-refractivity contribution is 0.196. The van der Waals surface area contributed by atoms with E-state index in [2.05, 4.69) is 37.3 Å². The van der Waals surface area contributed by atoms with E-state index in [0.717, 1.165) is 12.8 Å². The minimum Gasteiger partial charge on any atom is -0.388 e. The number of hydrogen-bond acceptors (Lipinski definition) is 1. The van der Waals surface area contributed by atoms with Gasteiger partial charge in [-0.05, 0) is 35.5 Å². The van der Waals surface area contributed by atoms with E-state index in [1.54, 1.807) is 0 Å². The molecule has 0 saturated heterocycles. The van der Waals surface area contributed by atoms with E-state index in [0.29, 0.717) is 11.8 Å². The molecule has 3 unspecified atom stereocenters. The molecule has 78 valence electrons. The fourth-order valence-electron chi connectivity index (χ4n) is 2.93. The first-order chi connectivity index (χ1) is 7.27. The standard InChI is InChI=1S/C14H16O/c1-9-5-7-12-13(15)8-6-10-3-2-4-11(9)14(10)12/h2-5,7,9,11,13,15H,6,8H2,1H3. The van der Waals surface area contributed by atoms with E-state index in [9.17, 15) is 5.11 Å². The van der Waals surface area contributed by atoms with Crippen molar-refractivity contribution in [3.8, 4) is 0 Å². The van der Waals surface area contributed by atoms with Gasteiger partial charge in [-0.1, -0.05) is 37.3 Å². The van der Waals surface area contributed by atoms with E-state index in [1.807, 2.05) is 0 Å². The van der Waals surface area contributed by atoms with Gasteiger partial charge in [0, 0.05) is 5.92 Å². The van der Waals surface area contributed by atoms with Crippen molar-refractivity contribution in [1.82, 2.24) is 0 Å². The predicted molar refractivity (Wildman–Crippen MR) is 61.3 cm³/mol. The van der Waals surface area contributed by atoms with Crippen molar-refractivity contribution < 1.29 is 5.11 Å². The summed E-state index contributed by atoms with van der Waals surface area (Å²) >= 11 is 0. The second kappa shape index (κ2) is 3.21. The van der Waals surface area contributed by atoms with Crippen LogP contribution in [0.4, 0.5) is 0 Å². The minimum atomic E-state index is -0.241. The Labute approximate surface area is 90.5 Å². The van der Waals surface area contributed by atoms with E-state index < -0.39 is 0 Å². The highest BCUT2D eigenvalue weighted by Crippen LogP contribution is 2.43. The zero-order valence-corrected chi connectivity index (χ0v) is 8.98. The van der Waals surface area contributed by atoms with Crippen LogP contribution in [-0.4, -0.2) is 11.2 Å². The molecule has 0 aromatic carbocycles. The first-order valence-corrected chi connectivity index (χ1v) is 5.75. The fraction of sp³-hybridized carbons (Fsp3) is 0.429. The highest BCUT2D eigenvalue weighted by molar-refractivity contribution is 5.53. The average Bonchev–Trinajstić information content (AvgIpc) is 2.26. The Morgan fingerprint density at radius 2 is 2.20 bits per heavy atom. The SMILES string of the molecule is CC1C=CC2=C3C(=CC=CC31)CCC2O. The summed E-state index contributed by atoms with van der Waals surface area (Å²) in [6, 6.07) is 0. The van der Waals surface area contributed by atoms with Gasteiger partial charge in [0.2, 0.25) is 0 Å². The van der Waals surface area contributed by atoms with Gasteiger partial charge in [0.05, 0.1) is 6.10 Å². The van der Waals surface area contributed by atoms with Gasteiger partial charge in [-0.2, -0.15) is 0 Å². The maximum Gasteiger partial charge on any atom is 0.0796 e. The van der Waals surface area contributed by atoms with Crippen LogP contribution in [0.25, 0.3) is 0 Å².